The minimum absolute atomic E-state index is 0.330. The van der Waals surface area contributed by atoms with Gasteiger partial charge in [-0.1, -0.05) is 48.5 Å². The van der Waals surface area contributed by atoms with Crippen LogP contribution in [0.2, 0.25) is 0 Å². The molecule has 3 nitrogen and oxygen atoms in total. The van der Waals surface area contributed by atoms with Crippen LogP contribution >= 0.6 is 0 Å². The first-order valence-corrected chi connectivity index (χ1v) is 9.77. The van der Waals surface area contributed by atoms with Crippen LogP contribution in [0.15, 0.2) is 72.8 Å². The van der Waals surface area contributed by atoms with E-state index in [4.69, 9.17) is 9.47 Å². The number of rotatable bonds is 7. The van der Waals surface area contributed by atoms with Crippen molar-refractivity contribution in [2.24, 2.45) is 0 Å². The maximum atomic E-state index is 11.5. The molecule has 0 fully saturated rings. The van der Waals surface area contributed by atoms with Gasteiger partial charge in [-0.15, -0.1) is 0 Å². The molecule has 0 unspecified atom stereocenters. The molecule has 1 aliphatic carbocycles. The fraction of sp³-hybridized carbons (Fsp3) is 0.240. The average molecular weight is 372 g/mol. The summed E-state index contributed by atoms with van der Waals surface area (Å²) >= 11 is 0. The first kappa shape index (κ1) is 18.3. The highest BCUT2D eigenvalue weighted by Crippen LogP contribution is 2.46. The zero-order chi connectivity index (χ0) is 19.3. The molecule has 0 N–H and O–H groups in total. The summed E-state index contributed by atoms with van der Waals surface area (Å²) in [6.07, 6.45) is 3.23. The molecule has 0 saturated carbocycles. The number of carbonyl (C=O) groups excluding carboxylic acids is 1. The topological polar surface area (TPSA) is 35.5 Å². The molecule has 28 heavy (non-hydrogen) atoms. The van der Waals surface area contributed by atoms with Crippen LogP contribution in [0.1, 0.15) is 46.7 Å². The van der Waals surface area contributed by atoms with Crippen LogP contribution in [0.3, 0.4) is 0 Å². The molecule has 3 heteroatoms. The third kappa shape index (κ3) is 3.65. The third-order valence-corrected chi connectivity index (χ3v) is 5.39. The van der Waals surface area contributed by atoms with Gasteiger partial charge in [0.25, 0.3) is 0 Å². The van der Waals surface area contributed by atoms with E-state index in [9.17, 15) is 4.79 Å². The van der Waals surface area contributed by atoms with Crippen LogP contribution in [0.4, 0.5) is 0 Å². The van der Waals surface area contributed by atoms with Gasteiger partial charge in [0, 0.05) is 5.92 Å². The van der Waals surface area contributed by atoms with E-state index >= 15 is 0 Å². The van der Waals surface area contributed by atoms with Crippen molar-refractivity contribution in [3.63, 3.8) is 0 Å². The Morgan fingerprint density at radius 1 is 0.821 bits per heavy atom. The average Bonchev–Trinajstić information content (AvgIpc) is 3.07. The van der Waals surface area contributed by atoms with E-state index in [1.54, 1.807) is 12.1 Å². The first-order chi connectivity index (χ1) is 13.8. The van der Waals surface area contributed by atoms with Crippen molar-refractivity contribution in [1.29, 1.82) is 0 Å². The normalized spacial score (nSPS) is 12.3. The van der Waals surface area contributed by atoms with Gasteiger partial charge in [0.2, 0.25) is 0 Å². The second-order valence-electron chi connectivity index (χ2n) is 7.09. The summed E-state index contributed by atoms with van der Waals surface area (Å²) in [7, 11) is 1.38. The minimum Gasteiger partial charge on any atom is -0.494 e. The van der Waals surface area contributed by atoms with Gasteiger partial charge in [0.15, 0.2) is 0 Å². The molecule has 0 heterocycles. The van der Waals surface area contributed by atoms with Gasteiger partial charge in [0.1, 0.15) is 5.75 Å². The number of esters is 1. The minimum atomic E-state index is -0.330. The molecule has 0 atom stereocenters. The molecule has 0 aromatic heterocycles. The number of methoxy groups -OCH3 is 1. The number of carbonyl (C=O) groups is 1. The predicted molar refractivity (Wildman–Crippen MR) is 111 cm³/mol. The Kier molecular flexibility index (Phi) is 5.43. The Morgan fingerprint density at radius 3 is 2.04 bits per heavy atom. The predicted octanol–water partition coefficient (Wildman–Crippen LogP) is 5.83. The number of hydrogen-bond acceptors (Lipinski definition) is 3. The molecular formula is C25H24O3. The molecule has 142 valence electrons. The molecule has 0 radical (unpaired) electrons. The summed E-state index contributed by atoms with van der Waals surface area (Å²) in [5.41, 5.74) is 6.19. The van der Waals surface area contributed by atoms with Gasteiger partial charge >= 0.3 is 5.97 Å². The second kappa shape index (κ2) is 8.30. The number of unbranched alkanes of at least 4 members (excludes halogenated alkanes) is 1. The van der Waals surface area contributed by atoms with Gasteiger partial charge in [-0.05, 0) is 65.8 Å². The van der Waals surface area contributed by atoms with Crippen molar-refractivity contribution < 1.29 is 14.3 Å². The summed E-state index contributed by atoms with van der Waals surface area (Å²) < 4.78 is 10.5. The molecule has 0 saturated heterocycles. The Bertz CT molecular complexity index is 914. The SMILES string of the molecule is COC(=O)c1ccc(OCCCCC2c3ccccc3-c3ccccc32)cc1. The van der Waals surface area contributed by atoms with Crippen LogP contribution < -0.4 is 4.74 Å². The van der Waals surface area contributed by atoms with Crippen LogP contribution in [-0.2, 0) is 4.74 Å². The number of benzene rings is 3. The van der Waals surface area contributed by atoms with Gasteiger partial charge in [0.05, 0.1) is 19.3 Å². The second-order valence-corrected chi connectivity index (χ2v) is 7.09. The molecular weight excluding hydrogens is 348 g/mol. The lowest BCUT2D eigenvalue weighted by molar-refractivity contribution is 0.0600. The van der Waals surface area contributed by atoms with Gasteiger partial charge in [-0.3, -0.25) is 0 Å². The van der Waals surface area contributed by atoms with Crippen LogP contribution in [-0.4, -0.2) is 19.7 Å². The van der Waals surface area contributed by atoms with Crippen molar-refractivity contribution in [2.45, 2.75) is 25.2 Å². The summed E-state index contributed by atoms with van der Waals surface area (Å²) in [5.74, 6) is 0.930. The van der Waals surface area contributed by atoms with Crippen LogP contribution in [0.5, 0.6) is 5.75 Å². The van der Waals surface area contributed by atoms with Crippen molar-refractivity contribution >= 4 is 5.97 Å². The third-order valence-electron chi connectivity index (χ3n) is 5.39. The molecule has 0 amide bonds. The highest BCUT2D eigenvalue weighted by Gasteiger charge is 2.27. The Labute approximate surface area is 165 Å². The van der Waals surface area contributed by atoms with E-state index in [1.165, 1.54) is 29.4 Å². The lowest BCUT2D eigenvalue weighted by Crippen LogP contribution is -2.02. The van der Waals surface area contributed by atoms with E-state index < -0.39 is 0 Å². The summed E-state index contributed by atoms with van der Waals surface area (Å²) in [4.78, 5) is 11.5. The van der Waals surface area contributed by atoms with E-state index in [0.717, 1.165) is 25.0 Å². The summed E-state index contributed by atoms with van der Waals surface area (Å²) in [5, 5.41) is 0. The van der Waals surface area contributed by atoms with Gasteiger partial charge in [-0.2, -0.15) is 0 Å². The van der Waals surface area contributed by atoms with Crippen molar-refractivity contribution in [3.8, 4) is 16.9 Å². The molecule has 0 bridgehead atoms. The molecule has 1 aliphatic rings. The lowest BCUT2D eigenvalue weighted by Gasteiger charge is -2.14. The number of fused-ring (bicyclic) bond motifs is 3. The zero-order valence-electron chi connectivity index (χ0n) is 16.1. The smallest absolute Gasteiger partial charge is 0.337 e. The fourth-order valence-electron chi connectivity index (χ4n) is 4.02. The van der Waals surface area contributed by atoms with E-state index in [0.29, 0.717) is 18.1 Å². The molecule has 0 spiro atoms. The first-order valence-electron chi connectivity index (χ1n) is 9.77. The van der Waals surface area contributed by atoms with Gasteiger partial charge in [-0.25, -0.2) is 4.79 Å². The van der Waals surface area contributed by atoms with Crippen LogP contribution in [0, 0.1) is 0 Å². The molecule has 0 aliphatic heterocycles. The maximum absolute atomic E-state index is 11.5. The van der Waals surface area contributed by atoms with E-state index in [-0.39, 0.29) is 5.97 Å². The Hall–Kier alpha value is -3.07. The standard InChI is InChI=1S/C25H24O3/c1-27-25(26)18-13-15-19(16-14-18)28-17-7-6-12-24-22-10-4-2-8-20(22)21-9-3-5-11-23(21)24/h2-5,8-11,13-16,24H,6-7,12,17H2,1H3. The quantitative estimate of drug-likeness (QED) is 0.386. The van der Waals surface area contributed by atoms with Crippen molar-refractivity contribution in [2.75, 3.05) is 13.7 Å². The highest BCUT2D eigenvalue weighted by molar-refractivity contribution is 5.89. The molecule has 3 aromatic carbocycles. The Morgan fingerprint density at radius 2 is 1.43 bits per heavy atom. The molecule has 3 aromatic rings. The maximum Gasteiger partial charge on any atom is 0.337 e. The van der Waals surface area contributed by atoms with Gasteiger partial charge < -0.3 is 9.47 Å². The Balaban J connectivity index is 1.31. The molecule has 4 rings (SSSR count). The van der Waals surface area contributed by atoms with Crippen molar-refractivity contribution in [3.05, 3.63) is 89.5 Å². The monoisotopic (exact) mass is 372 g/mol. The summed E-state index contributed by atoms with van der Waals surface area (Å²) in [6.45, 7) is 0.674. The fourth-order valence-corrected chi connectivity index (χ4v) is 4.02. The largest absolute Gasteiger partial charge is 0.494 e. The van der Waals surface area contributed by atoms with E-state index in [2.05, 4.69) is 48.5 Å². The number of hydrogen-bond donors (Lipinski definition) is 0. The summed E-state index contributed by atoms with van der Waals surface area (Å²) in [6, 6.07) is 24.6. The lowest BCUT2D eigenvalue weighted by atomic mass is 9.92. The number of ether oxygens (including phenoxy) is 2. The van der Waals surface area contributed by atoms with Crippen LogP contribution in [0.25, 0.3) is 11.1 Å². The van der Waals surface area contributed by atoms with Crippen molar-refractivity contribution in [1.82, 2.24) is 0 Å². The van der Waals surface area contributed by atoms with E-state index in [1.807, 2.05) is 12.1 Å². The zero-order valence-corrected chi connectivity index (χ0v) is 16.1. The highest BCUT2D eigenvalue weighted by atomic mass is 16.5.